The van der Waals surface area contributed by atoms with Gasteiger partial charge in [-0.15, -0.1) is 0 Å². The number of halogens is 1. The Bertz CT molecular complexity index is 702. The van der Waals surface area contributed by atoms with E-state index in [9.17, 15) is 9.59 Å². The van der Waals surface area contributed by atoms with Crippen LogP contribution in [0, 0.1) is 0 Å². The average molecular weight is 401 g/mol. The molecule has 1 unspecified atom stereocenters. The third-order valence-corrected chi connectivity index (χ3v) is 4.66. The van der Waals surface area contributed by atoms with E-state index in [0.717, 1.165) is 19.3 Å². The number of aliphatic hydroxyl groups is 1. The Labute approximate surface area is 164 Å². The molecule has 2 rings (SSSR count). The second kappa shape index (κ2) is 9.41. The highest BCUT2D eigenvalue weighted by Crippen LogP contribution is 2.22. The van der Waals surface area contributed by atoms with Gasteiger partial charge in [0.05, 0.1) is 19.3 Å². The van der Waals surface area contributed by atoms with Crippen molar-refractivity contribution >= 4 is 23.5 Å². The van der Waals surface area contributed by atoms with Crippen LogP contribution in [-0.2, 0) is 11.3 Å². The minimum absolute atomic E-state index is 0.0630. The summed E-state index contributed by atoms with van der Waals surface area (Å²) in [6, 6.07) is 0.0630. The van der Waals surface area contributed by atoms with Gasteiger partial charge in [-0.3, -0.25) is 9.36 Å². The van der Waals surface area contributed by atoms with Gasteiger partial charge in [0.2, 0.25) is 0 Å². The Morgan fingerprint density at radius 3 is 2.85 bits per heavy atom. The maximum absolute atomic E-state index is 12.4. The zero-order valence-corrected chi connectivity index (χ0v) is 17.0. The SMILES string of the molecule is CC(C)(C)OC(=O)N1CCCCC1CCNc1ncc(Cl)n(CCO)c1=O. The summed E-state index contributed by atoms with van der Waals surface area (Å²) in [7, 11) is 0. The Kier molecular flexibility index (Phi) is 7.49. The van der Waals surface area contributed by atoms with Crippen LogP contribution in [0.1, 0.15) is 46.5 Å². The lowest BCUT2D eigenvalue weighted by Gasteiger charge is -2.36. The van der Waals surface area contributed by atoms with Gasteiger partial charge in [0.25, 0.3) is 5.56 Å². The Morgan fingerprint density at radius 2 is 2.19 bits per heavy atom. The first-order valence-corrected chi connectivity index (χ1v) is 9.70. The van der Waals surface area contributed by atoms with Gasteiger partial charge >= 0.3 is 6.09 Å². The summed E-state index contributed by atoms with van der Waals surface area (Å²) in [6.45, 7) is 6.67. The molecule has 0 aliphatic carbocycles. The summed E-state index contributed by atoms with van der Waals surface area (Å²) in [5.41, 5.74) is -0.897. The zero-order chi connectivity index (χ0) is 20.0. The van der Waals surface area contributed by atoms with E-state index in [1.165, 1.54) is 10.8 Å². The van der Waals surface area contributed by atoms with Crippen LogP contribution in [0.2, 0.25) is 5.15 Å². The van der Waals surface area contributed by atoms with E-state index in [0.29, 0.717) is 19.5 Å². The summed E-state index contributed by atoms with van der Waals surface area (Å²) in [5, 5.41) is 12.3. The van der Waals surface area contributed by atoms with Gasteiger partial charge < -0.3 is 20.1 Å². The van der Waals surface area contributed by atoms with Crippen molar-refractivity contribution in [3.8, 4) is 0 Å². The smallest absolute Gasteiger partial charge is 0.410 e. The molecule has 152 valence electrons. The molecular weight excluding hydrogens is 372 g/mol. The fourth-order valence-corrected chi connectivity index (χ4v) is 3.33. The molecule has 0 bridgehead atoms. The summed E-state index contributed by atoms with van der Waals surface area (Å²) < 4.78 is 6.78. The van der Waals surface area contributed by atoms with E-state index in [1.54, 1.807) is 4.90 Å². The molecule has 0 radical (unpaired) electrons. The van der Waals surface area contributed by atoms with E-state index in [4.69, 9.17) is 21.4 Å². The predicted molar refractivity (Wildman–Crippen MR) is 104 cm³/mol. The highest BCUT2D eigenvalue weighted by molar-refractivity contribution is 6.29. The molecule has 1 atom stereocenters. The summed E-state index contributed by atoms with van der Waals surface area (Å²) in [6.07, 6.45) is 4.71. The number of anilines is 1. The number of hydrogen-bond acceptors (Lipinski definition) is 6. The Morgan fingerprint density at radius 1 is 1.44 bits per heavy atom. The van der Waals surface area contributed by atoms with Crippen LogP contribution >= 0.6 is 11.6 Å². The second-order valence-electron chi connectivity index (χ2n) is 7.65. The van der Waals surface area contributed by atoms with Crippen LogP contribution < -0.4 is 10.9 Å². The van der Waals surface area contributed by atoms with Crippen molar-refractivity contribution in [3.63, 3.8) is 0 Å². The number of amides is 1. The average Bonchev–Trinajstić information content (AvgIpc) is 2.59. The van der Waals surface area contributed by atoms with Crippen LogP contribution in [0.25, 0.3) is 0 Å². The summed E-state index contributed by atoms with van der Waals surface area (Å²) in [4.78, 5) is 30.6. The van der Waals surface area contributed by atoms with Crippen molar-refractivity contribution in [3.05, 3.63) is 21.7 Å². The van der Waals surface area contributed by atoms with E-state index in [2.05, 4.69) is 10.3 Å². The van der Waals surface area contributed by atoms with Crippen LogP contribution in [0.5, 0.6) is 0 Å². The monoisotopic (exact) mass is 400 g/mol. The van der Waals surface area contributed by atoms with Crippen molar-refractivity contribution in [1.82, 2.24) is 14.5 Å². The topological polar surface area (TPSA) is 96.7 Å². The van der Waals surface area contributed by atoms with Crippen molar-refractivity contribution in [2.45, 2.75) is 64.6 Å². The van der Waals surface area contributed by atoms with Crippen molar-refractivity contribution < 1.29 is 14.6 Å². The highest BCUT2D eigenvalue weighted by Gasteiger charge is 2.30. The van der Waals surface area contributed by atoms with Gasteiger partial charge in [-0.1, -0.05) is 11.6 Å². The molecule has 0 saturated carbocycles. The first-order chi connectivity index (χ1) is 12.7. The van der Waals surface area contributed by atoms with Crippen LogP contribution in [-0.4, -0.2) is 57.0 Å². The molecule has 27 heavy (non-hydrogen) atoms. The third-order valence-electron chi connectivity index (χ3n) is 4.35. The number of nitrogens with zero attached hydrogens (tertiary/aromatic N) is 3. The molecule has 1 fully saturated rings. The maximum atomic E-state index is 12.4. The van der Waals surface area contributed by atoms with Crippen molar-refractivity contribution in [2.24, 2.45) is 0 Å². The van der Waals surface area contributed by atoms with Gasteiger partial charge in [0.15, 0.2) is 5.82 Å². The van der Waals surface area contributed by atoms with Gasteiger partial charge in [-0.05, 0) is 46.5 Å². The quantitative estimate of drug-likeness (QED) is 0.761. The van der Waals surface area contributed by atoms with E-state index >= 15 is 0 Å². The van der Waals surface area contributed by atoms with Gasteiger partial charge in [-0.2, -0.15) is 0 Å². The molecule has 2 heterocycles. The molecule has 1 aromatic heterocycles. The fraction of sp³-hybridized carbons (Fsp3) is 0.722. The molecule has 0 aromatic carbocycles. The number of carbonyl (C=O) groups excluding carboxylic acids is 1. The number of aromatic nitrogens is 2. The molecule has 1 aromatic rings. The minimum atomic E-state index is -0.525. The zero-order valence-electron chi connectivity index (χ0n) is 16.2. The van der Waals surface area contributed by atoms with Crippen molar-refractivity contribution in [1.29, 1.82) is 0 Å². The van der Waals surface area contributed by atoms with Crippen LogP contribution in [0.4, 0.5) is 10.6 Å². The highest BCUT2D eigenvalue weighted by atomic mass is 35.5. The molecule has 1 aliphatic rings. The van der Waals surface area contributed by atoms with Crippen LogP contribution in [0.15, 0.2) is 11.0 Å². The minimum Gasteiger partial charge on any atom is -0.444 e. The van der Waals surface area contributed by atoms with E-state index in [1.807, 2.05) is 20.8 Å². The Hall–Kier alpha value is -1.80. The second-order valence-corrected chi connectivity index (χ2v) is 8.04. The molecular formula is C18H29ClN4O4. The molecule has 1 amide bonds. The number of nitrogens with one attached hydrogen (secondary N) is 1. The number of ether oxygens (including phenoxy) is 1. The van der Waals surface area contributed by atoms with Crippen molar-refractivity contribution in [2.75, 3.05) is 25.0 Å². The summed E-state index contributed by atoms with van der Waals surface area (Å²) >= 11 is 5.95. The Balaban J connectivity index is 1.98. The molecule has 8 nitrogen and oxygen atoms in total. The third kappa shape index (κ3) is 6.10. The standard InChI is InChI=1S/C18H29ClN4O4/c1-18(2,3)27-17(26)22-9-5-4-6-13(22)7-8-20-15-16(25)23(10-11-24)14(19)12-21-15/h12-13,24H,4-11H2,1-3H3,(H,20,21). The number of likely N-dealkylation sites (tertiary alicyclic amines) is 1. The lowest BCUT2D eigenvalue weighted by molar-refractivity contribution is 0.00929. The van der Waals surface area contributed by atoms with Gasteiger partial charge in [0, 0.05) is 19.1 Å². The number of rotatable bonds is 6. The molecule has 1 saturated heterocycles. The van der Waals surface area contributed by atoms with Gasteiger partial charge in [0.1, 0.15) is 10.8 Å². The maximum Gasteiger partial charge on any atom is 0.410 e. The predicted octanol–water partition coefficient (Wildman–Crippen LogP) is 2.48. The molecule has 2 N–H and O–H groups in total. The first-order valence-electron chi connectivity index (χ1n) is 9.32. The summed E-state index contributed by atoms with van der Waals surface area (Å²) in [5.74, 6) is 0.187. The number of carbonyl (C=O) groups is 1. The number of piperidine rings is 1. The molecule has 1 aliphatic heterocycles. The number of aliphatic hydroxyl groups excluding tert-OH is 1. The molecule has 0 spiro atoms. The lowest BCUT2D eigenvalue weighted by atomic mass is 10.00. The molecule has 9 heteroatoms. The first kappa shape index (κ1) is 21.5. The van der Waals surface area contributed by atoms with E-state index < -0.39 is 5.60 Å². The normalized spacial score (nSPS) is 17.7. The van der Waals surface area contributed by atoms with Gasteiger partial charge in [-0.25, -0.2) is 9.78 Å². The van der Waals surface area contributed by atoms with E-state index in [-0.39, 0.29) is 41.8 Å². The van der Waals surface area contributed by atoms with Crippen LogP contribution in [0.3, 0.4) is 0 Å². The largest absolute Gasteiger partial charge is 0.444 e. The number of hydrogen-bond donors (Lipinski definition) is 2. The lowest BCUT2D eigenvalue weighted by Crippen LogP contribution is -2.46. The fourth-order valence-electron chi connectivity index (χ4n) is 3.12.